The van der Waals surface area contributed by atoms with Crippen LogP contribution in [0.5, 0.6) is 0 Å². The molecule has 1 saturated heterocycles. The summed E-state index contributed by atoms with van der Waals surface area (Å²) in [4.78, 5) is 0.334. The van der Waals surface area contributed by atoms with E-state index in [1.165, 1.54) is 4.31 Å². The summed E-state index contributed by atoms with van der Waals surface area (Å²) in [5.74, 6) is 0. The molecule has 0 amide bonds. The van der Waals surface area contributed by atoms with Crippen molar-refractivity contribution in [2.24, 2.45) is 5.73 Å². The van der Waals surface area contributed by atoms with Crippen molar-refractivity contribution in [1.29, 1.82) is 0 Å². The van der Waals surface area contributed by atoms with E-state index in [1.54, 1.807) is 25.2 Å². The zero-order chi connectivity index (χ0) is 14.8. The van der Waals surface area contributed by atoms with Crippen molar-refractivity contribution in [2.45, 2.75) is 37.2 Å². The Morgan fingerprint density at radius 1 is 1.35 bits per heavy atom. The first-order valence-corrected chi connectivity index (χ1v) is 8.26. The molecular formula is C14H22N2O3S. The van der Waals surface area contributed by atoms with E-state index in [-0.39, 0.29) is 6.04 Å². The molecule has 0 bridgehead atoms. The molecule has 20 heavy (non-hydrogen) atoms. The second-order valence-corrected chi connectivity index (χ2v) is 7.15. The van der Waals surface area contributed by atoms with Gasteiger partial charge in [-0.1, -0.05) is 6.07 Å². The molecule has 0 atom stereocenters. The first kappa shape index (κ1) is 15.4. The summed E-state index contributed by atoms with van der Waals surface area (Å²) in [6.07, 6.45) is 1.49. The molecule has 0 aliphatic carbocycles. The van der Waals surface area contributed by atoms with Gasteiger partial charge < -0.3 is 10.5 Å². The number of hydrogen-bond donors (Lipinski definition) is 1. The zero-order valence-electron chi connectivity index (χ0n) is 12.0. The molecule has 1 heterocycles. The number of hydrogen-bond acceptors (Lipinski definition) is 4. The molecule has 0 spiro atoms. The number of benzene rings is 1. The predicted molar refractivity (Wildman–Crippen MR) is 77.9 cm³/mol. The van der Waals surface area contributed by atoms with E-state index in [0.717, 1.165) is 24.0 Å². The van der Waals surface area contributed by atoms with E-state index >= 15 is 0 Å². The van der Waals surface area contributed by atoms with Crippen LogP contribution in [-0.2, 0) is 21.3 Å². The quantitative estimate of drug-likeness (QED) is 0.908. The van der Waals surface area contributed by atoms with Gasteiger partial charge in [0.15, 0.2) is 0 Å². The maximum atomic E-state index is 12.6. The molecule has 1 fully saturated rings. The maximum Gasteiger partial charge on any atom is 0.243 e. The highest BCUT2D eigenvalue weighted by Gasteiger charge is 2.29. The Bertz CT molecular complexity index is 566. The molecule has 2 rings (SSSR count). The first-order valence-electron chi connectivity index (χ1n) is 6.82. The van der Waals surface area contributed by atoms with Crippen LogP contribution in [0, 0.1) is 6.92 Å². The minimum absolute atomic E-state index is 0.0169. The maximum absolute atomic E-state index is 12.6. The summed E-state index contributed by atoms with van der Waals surface area (Å²) in [6, 6.07) is 5.15. The normalized spacial score (nSPS) is 17.6. The Hall–Kier alpha value is -0.950. The minimum atomic E-state index is -3.45. The predicted octanol–water partition coefficient (Wildman–Crippen LogP) is 1.25. The highest BCUT2D eigenvalue weighted by molar-refractivity contribution is 7.89. The molecule has 1 aliphatic heterocycles. The number of nitrogens with zero attached hydrogens (tertiary/aromatic N) is 1. The summed E-state index contributed by atoms with van der Waals surface area (Å²) in [7, 11) is -1.80. The van der Waals surface area contributed by atoms with Crippen LogP contribution in [0.1, 0.15) is 24.0 Å². The van der Waals surface area contributed by atoms with Gasteiger partial charge in [0, 0.05) is 32.8 Å². The Morgan fingerprint density at radius 2 is 2.00 bits per heavy atom. The SMILES string of the molecule is Cc1cc(S(=O)(=O)N(C)C2CCOCC2)ccc1CN. The Labute approximate surface area is 120 Å². The van der Waals surface area contributed by atoms with Gasteiger partial charge in [0.25, 0.3) is 0 Å². The van der Waals surface area contributed by atoms with Crippen LogP contribution in [-0.4, -0.2) is 39.0 Å². The van der Waals surface area contributed by atoms with Gasteiger partial charge >= 0.3 is 0 Å². The van der Waals surface area contributed by atoms with Crippen LogP contribution in [0.4, 0.5) is 0 Å². The van der Waals surface area contributed by atoms with Crippen molar-refractivity contribution in [1.82, 2.24) is 4.31 Å². The van der Waals surface area contributed by atoms with Crippen LogP contribution in [0.2, 0.25) is 0 Å². The van der Waals surface area contributed by atoms with Gasteiger partial charge in [-0.05, 0) is 43.0 Å². The average Bonchev–Trinajstić information content (AvgIpc) is 2.47. The number of nitrogens with two attached hydrogens (primary N) is 1. The molecule has 1 aromatic carbocycles. The molecule has 0 aromatic heterocycles. The second-order valence-electron chi connectivity index (χ2n) is 5.16. The summed E-state index contributed by atoms with van der Waals surface area (Å²) in [5, 5.41) is 0. The third-order valence-corrected chi connectivity index (χ3v) is 5.82. The van der Waals surface area contributed by atoms with Gasteiger partial charge in [-0.15, -0.1) is 0 Å². The molecule has 112 valence electrons. The van der Waals surface area contributed by atoms with Gasteiger partial charge in [0.1, 0.15) is 0 Å². The molecule has 5 nitrogen and oxygen atoms in total. The largest absolute Gasteiger partial charge is 0.381 e. The highest BCUT2D eigenvalue weighted by Crippen LogP contribution is 2.23. The lowest BCUT2D eigenvalue weighted by Crippen LogP contribution is -2.40. The Balaban J connectivity index is 2.27. The van der Waals surface area contributed by atoms with Gasteiger partial charge in [-0.2, -0.15) is 4.31 Å². The fourth-order valence-electron chi connectivity index (χ4n) is 2.47. The van der Waals surface area contributed by atoms with Crippen LogP contribution in [0.15, 0.2) is 23.1 Å². The van der Waals surface area contributed by atoms with Crippen molar-refractivity contribution in [3.05, 3.63) is 29.3 Å². The molecule has 6 heteroatoms. The third-order valence-electron chi connectivity index (χ3n) is 3.92. The van der Waals surface area contributed by atoms with Crippen molar-refractivity contribution in [3.63, 3.8) is 0 Å². The van der Waals surface area contributed by atoms with Crippen molar-refractivity contribution < 1.29 is 13.2 Å². The molecular weight excluding hydrogens is 276 g/mol. The fraction of sp³-hybridized carbons (Fsp3) is 0.571. The fourth-order valence-corrected chi connectivity index (χ4v) is 3.97. The Morgan fingerprint density at radius 3 is 2.55 bits per heavy atom. The third kappa shape index (κ3) is 3.03. The molecule has 1 aliphatic rings. The average molecular weight is 298 g/mol. The monoisotopic (exact) mass is 298 g/mol. The highest BCUT2D eigenvalue weighted by atomic mass is 32.2. The zero-order valence-corrected chi connectivity index (χ0v) is 12.8. The molecule has 0 unspecified atom stereocenters. The first-order chi connectivity index (χ1) is 9.46. The number of rotatable bonds is 4. The van der Waals surface area contributed by atoms with E-state index in [2.05, 4.69) is 0 Å². The van der Waals surface area contributed by atoms with Gasteiger partial charge in [0.2, 0.25) is 10.0 Å². The van der Waals surface area contributed by atoms with Crippen LogP contribution in [0.3, 0.4) is 0 Å². The van der Waals surface area contributed by atoms with Gasteiger partial charge in [0.05, 0.1) is 4.90 Å². The summed E-state index contributed by atoms with van der Waals surface area (Å²) in [6.45, 7) is 3.54. The van der Waals surface area contributed by atoms with Crippen LogP contribution < -0.4 is 5.73 Å². The van der Waals surface area contributed by atoms with E-state index in [0.29, 0.717) is 24.7 Å². The van der Waals surface area contributed by atoms with Crippen molar-refractivity contribution >= 4 is 10.0 Å². The van der Waals surface area contributed by atoms with E-state index in [4.69, 9.17) is 10.5 Å². The number of aryl methyl sites for hydroxylation is 1. The van der Waals surface area contributed by atoms with Crippen LogP contribution in [0.25, 0.3) is 0 Å². The summed E-state index contributed by atoms with van der Waals surface area (Å²) < 4.78 is 32.0. The van der Waals surface area contributed by atoms with Gasteiger partial charge in [-0.3, -0.25) is 0 Å². The lowest BCUT2D eigenvalue weighted by atomic mass is 10.1. The minimum Gasteiger partial charge on any atom is -0.381 e. The Kier molecular flexibility index (Phi) is 4.80. The number of ether oxygens (including phenoxy) is 1. The lowest BCUT2D eigenvalue weighted by molar-refractivity contribution is 0.0632. The second kappa shape index (κ2) is 6.22. The molecule has 2 N–H and O–H groups in total. The standard InChI is InChI=1S/C14H22N2O3S/c1-11-9-14(4-3-12(11)10-15)20(17,18)16(2)13-5-7-19-8-6-13/h3-4,9,13H,5-8,10,15H2,1-2H3. The lowest BCUT2D eigenvalue weighted by Gasteiger charge is -2.30. The van der Waals surface area contributed by atoms with Crippen molar-refractivity contribution in [3.8, 4) is 0 Å². The number of sulfonamides is 1. The van der Waals surface area contributed by atoms with E-state index in [1.807, 2.05) is 6.92 Å². The summed E-state index contributed by atoms with van der Waals surface area (Å²) in [5.41, 5.74) is 7.49. The van der Waals surface area contributed by atoms with E-state index in [9.17, 15) is 8.42 Å². The molecule has 0 saturated carbocycles. The van der Waals surface area contributed by atoms with Crippen molar-refractivity contribution in [2.75, 3.05) is 20.3 Å². The van der Waals surface area contributed by atoms with Crippen LogP contribution >= 0.6 is 0 Å². The molecule has 1 aromatic rings. The summed E-state index contributed by atoms with van der Waals surface area (Å²) >= 11 is 0. The van der Waals surface area contributed by atoms with E-state index < -0.39 is 10.0 Å². The smallest absolute Gasteiger partial charge is 0.243 e. The topological polar surface area (TPSA) is 72.6 Å². The van der Waals surface area contributed by atoms with Gasteiger partial charge in [-0.25, -0.2) is 8.42 Å². The molecule has 0 radical (unpaired) electrons.